The number of ether oxygens (including phenoxy) is 1. The largest absolute Gasteiger partial charge is 0.459 e. The van der Waals surface area contributed by atoms with E-state index in [4.69, 9.17) is 4.74 Å². The summed E-state index contributed by atoms with van der Waals surface area (Å²) in [6, 6.07) is 18.6. The van der Waals surface area contributed by atoms with Crippen LogP contribution in [0.15, 0.2) is 78.1 Å². The number of para-hydroxylation sites is 3. The maximum atomic E-state index is 13.2. The Morgan fingerprint density at radius 1 is 1.13 bits per heavy atom. The first kappa shape index (κ1) is 19.3. The molecule has 0 bridgehead atoms. The van der Waals surface area contributed by atoms with Crippen LogP contribution >= 0.6 is 0 Å². The number of nitrogens with zero attached hydrogens (tertiary/aromatic N) is 4. The van der Waals surface area contributed by atoms with Gasteiger partial charge in [0, 0.05) is 13.5 Å². The fourth-order valence-electron chi connectivity index (χ4n) is 3.28. The molecular weight excluding hydrogens is 380 g/mol. The van der Waals surface area contributed by atoms with Crippen molar-refractivity contribution in [2.45, 2.75) is 20.1 Å². The molecule has 0 unspecified atom stereocenters. The molecule has 0 saturated heterocycles. The average Bonchev–Trinajstić information content (AvgIpc) is 3.19. The van der Waals surface area contributed by atoms with Crippen molar-refractivity contribution in [3.63, 3.8) is 0 Å². The molecule has 0 fully saturated rings. The Morgan fingerprint density at radius 3 is 2.60 bits per heavy atom. The smallest absolute Gasteiger partial charge is 0.303 e. The van der Waals surface area contributed by atoms with Gasteiger partial charge in [0.2, 0.25) is 0 Å². The molecule has 2 heterocycles. The summed E-state index contributed by atoms with van der Waals surface area (Å²) in [5.41, 5.74) is 3.22. The van der Waals surface area contributed by atoms with E-state index in [0.29, 0.717) is 23.4 Å². The Kier molecular flexibility index (Phi) is 5.26. The molecule has 0 aliphatic rings. The number of carbonyl (C=O) groups is 1. The Labute approximate surface area is 172 Å². The second-order valence-corrected chi connectivity index (χ2v) is 6.70. The minimum Gasteiger partial charge on any atom is -0.459 e. The Morgan fingerprint density at radius 2 is 1.87 bits per heavy atom. The molecule has 30 heavy (non-hydrogen) atoms. The first-order valence-electron chi connectivity index (χ1n) is 9.47. The molecule has 0 aliphatic heterocycles. The maximum absolute atomic E-state index is 13.2. The topological polar surface area (TPSA) is 79.0 Å². The zero-order valence-corrected chi connectivity index (χ0v) is 16.5. The molecule has 0 atom stereocenters. The number of hydrogen-bond donors (Lipinski definition) is 0. The molecule has 4 aromatic rings. The molecule has 0 N–H and O–H groups in total. The second-order valence-electron chi connectivity index (χ2n) is 6.70. The summed E-state index contributed by atoms with van der Waals surface area (Å²) in [4.78, 5) is 29.1. The summed E-state index contributed by atoms with van der Waals surface area (Å²) >= 11 is 0. The second kappa shape index (κ2) is 8.16. The summed E-state index contributed by atoms with van der Waals surface area (Å²) in [5, 5.41) is 4.62. The first-order valence-corrected chi connectivity index (χ1v) is 9.47. The van der Waals surface area contributed by atoms with E-state index in [1.165, 1.54) is 6.92 Å². The molecule has 2 aromatic heterocycles. The monoisotopic (exact) mass is 400 g/mol. The lowest BCUT2D eigenvalue weighted by molar-refractivity contribution is -0.142. The number of benzene rings is 2. The van der Waals surface area contributed by atoms with Crippen molar-refractivity contribution < 1.29 is 9.53 Å². The fourth-order valence-corrected chi connectivity index (χ4v) is 3.28. The van der Waals surface area contributed by atoms with E-state index < -0.39 is 5.97 Å². The van der Waals surface area contributed by atoms with Crippen LogP contribution in [0.25, 0.3) is 28.1 Å². The first-order chi connectivity index (χ1) is 14.6. The van der Waals surface area contributed by atoms with Gasteiger partial charge >= 0.3 is 5.97 Å². The van der Waals surface area contributed by atoms with Crippen molar-refractivity contribution in [3.05, 3.63) is 89.4 Å². The molecule has 0 saturated carbocycles. The number of esters is 1. The highest BCUT2D eigenvalue weighted by Crippen LogP contribution is 2.21. The van der Waals surface area contributed by atoms with Crippen LogP contribution in [-0.4, -0.2) is 25.3 Å². The Hall–Kier alpha value is -4.00. The van der Waals surface area contributed by atoms with Gasteiger partial charge in [-0.1, -0.05) is 36.4 Å². The van der Waals surface area contributed by atoms with Crippen LogP contribution in [0.4, 0.5) is 0 Å². The van der Waals surface area contributed by atoms with Crippen molar-refractivity contribution in [1.29, 1.82) is 0 Å². The van der Waals surface area contributed by atoms with Gasteiger partial charge in [-0.15, -0.1) is 6.58 Å². The molecular formula is C23H20N4O3. The van der Waals surface area contributed by atoms with Crippen molar-refractivity contribution in [2.24, 2.45) is 0 Å². The lowest BCUT2D eigenvalue weighted by Gasteiger charge is -2.09. The van der Waals surface area contributed by atoms with Crippen molar-refractivity contribution in [3.8, 4) is 17.1 Å². The van der Waals surface area contributed by atoms with Gasteiger partial charge in [0.05, 0.1) is 22.4 Å². The number of aromatic nitrogens is 4. The summed E-state index contributed by atoms with van der Waals surface area (Å²) in [7, 11) is 0. The van der Waals surface area contributed by atoms with Crippen molar-refractivity contribution >= 4 is 17.0 Å². The van der Waals surface area contributed by atoms with Gasteiger partial charge in [-0.05, 0) is 30.3 Å². The summed E-state index contributed by atoms with van der Waals surface area (Å²) < 4.78 is 8.47. The number of hydrogen-bond acceptors (Lipinski definition) is 5. The summed E-state index contributed by atoms with van der Waals surface area (Å²) in [6.07, 6.45) is 1.67. The highest BCUT2D eigenvalue weighted by molar-refractivity contribution is 5.77. The minimum atomic E-state index is -0.394. The van der Waals surface area contributed by atoms with E-state index >= 15 is 0 Å². The van der Waals surface area contributed by atoms with Crippen molar-refractivity contribution in [2.75, 3.05) is 0 Å². The van der Waals surface area contributed by atoms with Gasteiger partial charge in [0.1, 0.15) is 12.3 Å². The van der Waals surface area contributed by atoms with Gasteiger partial charge in [0.25, 0.3) is 5.56 Å². The van der Waals surface area contributed by atoms with Gasteiger partial charge in [-0.2, -0.15) is 5.10 Å². The van der Waals surface area contributed by atoms with Gasteiger partial charge in [-0.3, -0.25) is 9.59 Å². The molecule has 7 nitrogen and oxygen atoms in total. The van der Waals surface area contributed by atoms with Gasteiger partial charge in [-0.25, -0.2) is 9.67 Å². The molecule has 0 aliphatic carbocycles. The van der Waals surface area contributed by atoms with E-state index in [-0.39, 0.29) is 17.9 Å². The maximum Gasteiger partial charge on any atom is 0.303 e. The van der Waals surface area contributed by atoms with Crippen LogP contribution in [0.2, 0.25) is 0 Å². The Bertz CT molecular complexity index is 1290. The molecule has 4 rings (SSSR count). The average molecular weight is 400 g/mol. The standard InChI is InChI=1S/C23H20N4O3/c1-3-13-26-21-12-8-7-11-19(21)24-22(23(26)29)20-14-18(15-30-16(2)28)27(25-20)17-9-5-4-6-10-17/h3-12,14H,1,13,15H2,2H3. The summed E-state index contributed by atoms with van der Waals surface area (Å²) in [5.74, 6) is -0.394. The zero-order chi connectivity index (χ0) is 21.1. The normalized spacial score (nSPS) is 10.8. The van der Waals surface area contributed by atoms with Crippen LogP contribution in [0.3, 0.4) is 0 Å². The van der Waals surface area contributed by atoms with Crippen LogP contribution in [0.1, 0.15) is 12.6 Å². The predicted octanol–water partition coefficient (Wildman–Crippen LogP) is 3.50. The van der Waals surface area contributed by atoms with E-state index in [1.54, 1.807) is 21.4 Å². The van der Waals surface area contributed by atoms with Crippen molar-refractivity contribution in [1.82, 2.24) is 19.3 Å². The quantitative estimate of drug-likeness (QED) is 0.366. The number of rotatable bonds is 6. The highest BCUT2D eigenvalue weighted by atomic mass is 16.5. The van der Waals surface area contributed by atoms with E-state index in [1.807, 2.05) is 54.6 Å². The van der Waals surface area contributed by atoms with Crippen LogP contribution in [0, 0.1) is 0 Å². The lowest BCUT2D eigenvalue weighted by Crippen LogP contribution is -2.23. The van der Waals surface area contributed by atoms with Crippen LogP contribution < -0.4 is 5.56 Å². The molecule has 150 valence electrons. The van der Waals surface area contributed by atoms with E-state index in [9.17, 15) is 9.59 Å². The highest BCUT2D eigenvalue weighted by Gasteiger charge is 2.18. The predicted molar refractivity (Wildman–Crippen MR) is 114 cm³/mol. The van der Waals surface area contributed by atoms with Gasteiger partial charge in [0.15, 0.2) is 5.69 Å². The third kappa shape index (κ3) is 3.65. The third-order valence-corrected chi connectivity index (χ3v) is 4.61. The molecule has 0 spiro atoms. The number of allylic oxidation sites excluding steroid dienone is 1. The Balaban J connectivity index is 1.91. The third-order valence-electron chi connectivity index (χ3n) is 4.61. The zero-order valence-electron chi connectivity index (χ0n) is 16.5. The van der Waals surface area contributed by atoms with Crippen LogP contribution in [-0.2, 0) is 22.7 Å². The molecule has 0 amide bonds. The van der Waals surface area contributed by atoms with E-state index in [2.05, 4.69) is 16.7 Å². The van der Waals surface area contributed by atoms with E-state index in [0.717, 1.165) is 11.2 Å². The number of carbonyl (C=O) groups excluding carboxylic acids is 1. The minimum absolute atomic E-state index is 0.0334. The molecule has 7 heteroatoms. The molecule has 2 aromatic carbocycles. The SMILES string of the molecule is C=CCn1c(=O)c(-c2cc(COC(C)=O)n(-c3ccccc3)n2)nc2ccccc21. The lowest BCUT2D eigenvalue weighted by atomic mass is 10.2. The fraction of sp³-hybridized carbons (Fsp3) is 0.130. The van der Waals surface area contributed by atoms with Crippen LogP contribution in [0.5, 0.6) is 0 Å². The van der Waals surface area contributed by atoms with Gasteiger partial charge < -0.3 is 9.30 Å². The number of fused-ring (bicyclic) bond motifs is 1. The summed E-state index contributed by atoms with van der Waals surface area (Å²) in [6.45, 7) is 5.50. The molecule has 0 radical (unpaired) electrons.